The van der Waals surface area contributed by atoms with Crippen molar-refractivity contribution < 1.29 is 9.84 Å². The Bertz CT molecular complexity index is 528. The summed E-state index contributed by atoms with van der Waals surface area (Å²) in [4.78, 5) is 21.0. The molecular formula is C13H19N3O3. The Morgan fingerprint density at radius 3 is 3.16 bits per heavy atom. The number of aromatic amines is 1. The van der Waals surface area contributed by atoms with Crippen LogP contribution in [0.2, 0.25) is 0 Å². The predicted molar refractivity (Wildman–Crippen MR) is 69.2 cm³/mol. The topological polar surface area (TPSA) is 78.5 Å². The van der Waals surface area contributed by atoms with Crippen molar-refractivity contribution in [2.24, 2.45) is 0 Å². The average molecular weight is 265 g/mol. The monoisotopic (exact) mass is 265 g/mol. The fourth-order valence-electron chi connectivity index (χ4n) is 2.96. The van der Waals surface area contributed by atoms with Gasteiger partial charge in [0.2, 0.25) is 5.88 Å². The number of aromatic nitrogens is 2. The zero-order valence-electron chi connectivity index (χ0n) is 11.1. The van der Waals surface area contributed by atoms with Gasteiger partial charge in [0.15, 0.2) is 0 Å². The van der Waals surface area contributed by atoms with Crippen LogP contribution in [0.4, 0.5) is 0 Å². The Balaban J connectivity index is 1.84. The molecule has 2 aliphatic rings. The Morgan fingerprint density at radius 1 is 1.58 bits per heavy atom. The summed E-state index contributed by atoms with van der Waals surface area (Å²) in [7, 11) is 0. The molecule has 0 bridgehead atoms. The molecule has 3 heterocycles. The van der Waals surface area contributed by atoms with E-state index in [1.807, 2.05) is 6.92 Å². The van der Waals surface area contributed by atoms with E-state index >= 15 is 0 Å². The van der Waals surface area contributed by atoms with Crippen LogP contribution in [0.3, 0.4) is 0 Å². The van der Waals surface area contributed by atoms with Gasteiger partial charge < -0.3 is 14.8 Å². The molecule has 0 saturated carbocycles. The normalized spacial score (nSPS) is 27.4. The van der Waals surface area contributed by atoms with E-state index in [0.717, 1.165) is 13.1 Å². The summed E-state index contributed by atoms with van der Waals surface area (Å²) in [6, 6.07) is 0.506. The second-order valence-corrected chi connectivity index (χ2v) is 5.22. The van der Waals surface area contributed by atoms with Gasteiger partial charge in [-0.05, 0) is 25.8 Å². The lowest BCUT2D eigenvalue weighted by Gasteiger charge is -2.34. The molecule has 1 aromatic rings. The van der Waals surface area contributed by atoms with Crippen LogP contribution in [-0.2, 0) is 11.2 Å². The minimum absolute atomic E-state index is 0.173. The fourth-order valence-corrected chi connectivity index (χ4v) is 2.96. The van der Waals surface area contributed by atoms with Gasteiger partial charge in [0.25, 0.3) is 5.56 Å². The first-order valence-electron chi connectivity index (χ1n) is 6.86. The van der Waals surface area contributed by atoms with Crippen LogP contribution >= 0.6 is 0 Å². The molecule has 3 rings (SSSR count). The molecule has 0 spiro atoms. The van der Waals surface area contributed by atoms with Crippen molar-refractivity contribution in [3.05, 3.63) is 21.7 Å². The van der Waals surface area contributed by atoms with E-state index in [2.05, 4.69) is 14.9 Å². The van der Waals surface area contributed by atoms with E-state index in [0.29, 0.717) is 30.5 Å². The molecule has 104 valence electrons. The molecule has 0 radical (unpaired) electrons. The van der Waals surface area contributed by atoms with Crippen molar-refractivity contribution in [2.75, 3.05) is 19.7 Å². The Labute approximate surface area is 111 Å². The summed E-state index contributed by atoms with van der Waals surface area (Å²) in [5.41, 5.74) is 0.0655. The first kappa shape index (κ1) is 12.6. The number of nitrogens with zero attached hydrogens (tertiary/aromatic N) is 2. The minimum atomic E-state index is -0.267. The van der Waals surface area contributed by atoms with Crippen LogP contribution < -0.4 is 5.56 Å². The average Bonchev–Trinajstić information content (AvgIpc) is 2.85. The molecule has 0 aliphatic carbocycles. The minimum Gasteiger partial charge on any atom is -0.493 e. The maximum Gasteiger partial charge on any atom is 0.257 e. The highest BCUT2D eigenvalue weighted by molar-refractivity contribution is 5.23. The van der Waals surface area contributed by atoms with E-state index in [1.165, 1.54) is 12.8 Å². The van der Waals surface area contributed by atoms with E-state index in [-0.39, 0.29) is 17.5 Å². The van der Waals surface area contributed by atoms with Crippen molar-refractivity contribution in [3.63, 3.8) is 0 Å². The molecule has 6 heteroatoms. The van der Waals surface area contributed by atoms with Crippen LogP contribution in [0.15, 0.2) is 4.79 Å². The van der Waals surface area contributed by atoms with Gasteiger partial charge >= 0.3 is 0 Å². The summed E-state index contributed by atoms with van der Waals surface area (Å²) in [6.45, 7) is 4.30. The lowest BCUT2D eigenvalue weighted by Crippen LogP contribution is -2.43. The van der Waals surface area contributed by atoms with Gasteiger partial charge in [-0.3, -0.25) is 9.69 Å². The number of rotatable bonds is 2. The van der Waals surface area contributed by atoms with Gasteiger partial charge in [-0.2, -0.15) is 4.98 Å². The third-order valence-corrected chi connectivity index (χ3v) is 4.06. The fraction of sp³-hybridized carbons (Fsp3) is 0.692. The van der Waals surface area contributed by atoms with Crippen LogP contribution in [0, 0.1) is 0 Å². The quantitative estimate of drug-likeness (QED) is 0.817. The van der Waals surface area contributed by atoms with Gasteiger partial charge in [0, 0.05) is 12.6 Å². The largest absolute Gasteiger partial charge is 0.493 e. The highest BCUT2D eigenvalue weighted by Crippen LogP contribution is 2.28. The lowest BCUT2D eigenvalue weighted by atomic mass is 10.1. The molecule has 19 heavy (non-hydrogen) atoms. The van der Waals surface area contributed by atoms with Crippen molar-refractivity contribution in [2.45, 2.75) is 38.3 Å². The number of morpholine rings is 1. The molecular weight excluding hydrogens is 246 g/mol. The Hall–Kier alpha value is -1.40. The second kappa shape index (κ2) is 4.94. The van der Waals surface area contributed by atoms with Gasteiger partial charge in [-0.15, -0.1) is 0 Å². The number of hydrogen-bond donors (Lipinski definition) is 2. The summed E-state index contributed by atoms with van der Waals surface area (Å²) in [5, 5.41) is 9.79. The molecule has 2 saturated heterocycles. The van der Waals surface area contributed by atoms with Crippen molar-refractivity contribution >= 4 is 0 Å². The molecule has 2 fully saturated rings. The second-order valence-electron chi connectivity index (χ2n) is 5.22. The highest BCUT2D eigenvalue weighted by Gasteiger charge is 2.34. The van der Waals surface area contributed by atoms with E-state index < -0.39 is 0 Å². The number of fused-ring (bicyclic) bond motifs is 1. The Kier molecular flexibility index (Phi) is 3.28. The summed E-state index contributed by atoms with van der Waals surface area (Å²) in [6.07, 6.45) is 2.59. The summed E-state index contributed by atoms with van der Waals surface area (Å²) < 4.78 is 5.78. The molecule has 2 atom stereocenters. The third kappa shape index (κ3) is 2.26. The van der Waals surface area contributed by atoms with Crippen LogP contribution in [0.1, 0.15) is 37.3 Å². The Morgan fingerprint density at radius 2 is 2.42 bits per heavy atom. The number of H-pyrrole nitrogens is 1. The highest BCUT2D eigenvalue weighted by atomic mass is 16.5. The molecule has 2 aliphatic heterocycles. The lowest BCUT2D eigenvalue weighted by molar-refractivity contribution is -0.0544. The number of ether oxygens (including phenoxy) is 1. The van der Waals surface area contributed by atoms with Gasteiger partial charge in [-0.25, -0.2) is 0 Å². The van der Waals surface area contributed by atoms with Crippen molar-refractivity contribution in [1.82, 2.24) is 14.9 Å². The molecule has 2 unspecified atom stereocenters. The zero-order chi connectivity index (χ0) is 13.4. The van der Waals surface area contributed by atoms with E-state index in [1.54, 1.807) is 0 Å². The van der Waals surface area contributed by atoms with Gasteiger partial charge in [-0.1, -0.05) is 6.92 Å². The molecule has 2 N–H and O–H groups in total. The van der Waals surface area contributed by atoms with Crippen LogP contribution in [0.5, 0.6) is 5.88 Å². The number of nitrogens with one attached hydrogen (secondary N) is 1. The van der Waals surface area contributed by atoms with Crippen LogP contribution in [0.25, 0.3) is 0 Å². The van der Waals surface area contributed by atoms with Crippen LogP contribution in [-0.4, -0.2) is 45.7 Å². The first-order chi connectivity index (χ1) is 9.19. The number of aromatic hydroxyl groups is 1. The SMILES string of the molecule is CCc1c(O)nc(C2CN3CCCC3CO2)[nH]c1=O. The predicted octanol–water partition coefficient (Wildman–Crippen LogP) is 0.574. The summed E-state index contributed by atoms with van der Waals surface area (Å²) in [5.74, 6) is 0.262. The standard InChI is InChI=1S/C13H19N3O3/c1-2-9-12(17)14-11(15-13(9)18)10-6-16-5-3-4-8(16)7-19-10/h8,10H,2-7H2,1H3,(H2,14,15,17,18). The summed E-state index contributed by atoms with van der Waals surface area (Å²) >= 11 is 0. The van der Waals surface area contributed by atoms with Crippen molar-refractivity contribution in [1.29, 1.82) is 0 Å². The molecule has 0 aromatic carbocycles. The van der Waals surface area contributed by atoms with E-state index in [9.17, 15) is 9.90 Å². The third-order valence-electron chi connectivity index (χ3n) is 4.06. The van der Waals surface area contributed by atoms with Gasteiger partial charge in [0.1, 0.15) is 11.9 Å². The number of hydrogen-bond acceptors (Lipinski definition) is 5. The zero-order valence-corrected chi connectivity index (χ0v) is 11.1. The maximum atomic E-state index is 11.8. The molecule has 0 amide bonds. The maximum absolute atomic E-state index is 11.8. The smallest absolute Gasteiger partial charge is 0.257 e. The molecule has 1 aromatic heterocycles. The van der Waals surface area contributed by atoms with Crippen molar-refractivity contribution in [3.8, 4) is 5.88 Å². The molecule has 6 nitrogen and oxygen atoms in total. The van der Waals surface area contributed by atoms with Gasteiger partial charge in [0.05, 0.1) is 12.2 Å². The first-order valence-corrected chi connectivity index (χ1v) is 6.86. The van der Waals surface area contributed by atoms with E-state index in [4.69, 9.17) is 4.74 Å².